The SMILES string of the molecule is CCCCCCCCCCCCCCCC(=O)OCC(COP(=O)(O)OCCN=C([O-])CCCO[C@H]1O[C@H](CO)[C@@H](O)[C@H](O)[C@@H]1O)OC(=O)CCCCCCCCCCCCCCC.[Na+]. The second-order valence-corrected chi connectivity index (χ2v) is 18.8. The van der Waals surface area contributed by atoms with E-state index in [-0.39, 0.29) is 75.0 Å². The molecule has 2 unspecified atom stereocenters. The van der Waals surface area contributed by atoms with Crippen molar-refractivity contribution in [2.75, 3.05) is 39.6 Å². The Morgan fingerprint density at radius 3 is 1.55 bits per heavy atom. The quantitative estimate of drug-likeness (QED) is 0.0136. The molecule has 0 spiro atoms. The summed E-state index contributed by atoms with van der Waals surface area (Å²) >= 11 is 0. The Balaban J connectivity index is 0.0000410. The molecule has 0 radical (unpaired) electrons. The van der Waals surface area contributed by atoms with Crippen LogP contribution in [0.4, 0.5) is 0 Å². The molecule has 1 heterocycles. The molecular weight excluding hydrogens is 872 g/mol. The molecule has 1 fully saturated rings. The number of unbranched alkanes of at least 4 members (excludes halogenated alkanes) is 24. The maximum Gasteiger partial charge on any atom is 1.00 e. The third-order valence-electron chi connectivity index (χ3n) is 11.4. The molecule has 0 aliphatic carbocycles. The summed E-state index contributed by atoms with van der Waals surface area (Å²) in [6.45, 7) is 2.20. The smallest absolute Gasteiger partial charge is 0.862 e. The van der Waals surface area contributed by atoms with Gasteiger partial charge in [0, 0.05) is 12.8 Å². The van der Waals surface area contributed by atoms with Crippen molar-refractivity contribution in [1.82, 2.24) is 0 Å². The third-order valence-corrected chi connectivity index (χ3v) is 12.4. The average Bonchev–Trinajstić information content (AvgIpc) is 3.27. The molecule has 7 atom stereocenters. The van der Waals surface area contributed by atoms with Crippen LogP contribution >= 0.6 is 7.82 Å². The Hall–Kier alpha value is -0.720. The predicted octanol–water partition coefficient (Wildman–Crippen LogP) is 4.90. The molecule has 0 amide bonds. The molecule has 1 aliphatic heterocycles. The number of aliphatic hydroxyl groups is 4. The van der Waals surface area contributed by atoms with Gasteiger partial charge < -0.3 is 54.4 Å². The van der Waals surface area contributed by atoms with E-state index in [2.05, 4.69) is 18.8 Å². The number of esters is 2. The van der Waals surface area contributed by atoms with Gasteiger partial charge in [-0.1, -0.05) is 168 Å². The van der Waals surface area contributed by atoms with Crippen molar-refractivity contribution in [3.05, 3.63) is 0 Å². The molecule has 0 aromatic rings. The Labute approximate surface area is 413 Å². The number of aliphatic imine (C=N–C) groups is 1. The van der Waals surface area contributed by atoms with Gasteiger partial charge in [0.2, 0.25) is 0 Å². The fourth-order valence-corrected chi connectivity index (χ4v) is 8.18. The van der Waals surface area contributed by atoms with Gasteiger partial charge in [0.25, 0.3) is 0 Å². The van der Waals surface area contributed by atoms with Crippen LogP contribution in [0.25, 0.3) is 0 Å². The summed E-state index contributed by atoms with van der Waals surface area (Å²) in [4.78, 5) is 39.4. The molecule has 65 heavy (non-hydrogen) atoms. The number of ether oxygens (including phenoxy) is 4. The van der Waals surface area contributed by atoms with Gasteiger partial charge in [-0.05, 0) is 31.6 Å². The molecule has 1 saturated heterocycles. The van der Waals surface area contributed by atoms with E-state index < -0.39 is 82.3 Å². The van der Waals surface area contributed by atoms with Crippen LogP contribution < -0.4 is 34.7 Å². The second-order valence-electron chi connectivity index (χ2n) is 17.3. The molecule has 0 saturated carbocycles. The summed E-state index contributed by atoms with van der Waals surface area (Å²) < 4.78 is 44.3. The fourth-order valence-electron chi connectivity index (χ4n) is 7.44. The van der Waals surface area contributed by atoms with Crippen LogP contribution in [0.2, 0.25) is 0 Å². The summed E-state index contributed by atoms with van der Waals surface area (Å²) in [5.74, 6) is -1.52. The van der Waals surface area contributed by atoms with Gasteiger partial charge in [-0.2, -0.15) is 0 Å². The van der Waals surface area contributed by atoms with Crippen LogP contribution in [0.3, 0.4) is 0 Å². The van der Waals surface area contributed by atoms with Crippen molar-refractivity contribution in [2.24, 2.45) is 4.99 Å². The third kappa shape index (κ3) is 36.0. The van der Waals surface area contributed by atoms with Gasteiger partial charge in [0.15, 0.2) is 12.4 Å². The largest absolute Gasteiger partial charge is 1.00 e. The van der Waals surface area contributed by atoms with Crippen LogP contribution in [-0.2, 0) is 42.1 Å². The van der Waals surface area contributed by atoms with Crippen LogP contribution in [0, 0.1) is 0 Å². The van der Waals surface area contributed by atoms with Crippen molar-refractivity contribution < 1.29 is 102 Å². The number of hydrogen-bond donors (Lipinski definition) is 5. The van der Waals surface area contributed by atoms with E-state index >= 15 is 0 Å². The van der Waals surface area contributed by atoms with Gasteiger partial charge in [-0.3, -0.25) is 18.6 Å². The molecule has 378 valence electrons. The Morgan fingerprint density at radius 2 is 1.08 bits per heavy atom. The first-order valence-corrected chi connectivity index (χ1v) is 26.5. The Bertz CT molecular complexity index is 1220. The maximum absolute atomic E-state index is 12.8. The normalized spacial score (nSPS) is 20.2. The van der Waals surface area contributed by atoms with E-state index in [1.165, 1.54) is 116 Å². The van der Waals surface area contributed by atoms with E-state index in [1.54, 1.807) is 0 Å². The molecule has 0 aromatic heterocycles. The molecule has 1 aliphatic rings. The molecule has 5 N–H and O–H groups in total. The Morgan fingerprint density at radius 1 is 0.615 bits per heavy atom. The summed E-state index contributed by atoms with van der Waals surface area (Å²) in [7, 11) is -4.67. The molecule has 18 heteroatoms. The zero-order valence-corrected chi connectivity index (χ0v) is 43.5. The van der Waals surface area contributed by atoms with Crippen LogP contribution in [-0.4, -0.2) is 120 Å². The first kappa shape index (κ1) is 64.3. The number of phosphoric acid groups is 1. The van der Waals surface area contributed by atoms with Crippen molar-refractivity contribution in [3.63, 3.8) is 0 Å². The van der Waals surface area contributed by atoms with Crippen LogP contribution in [0.1, 0.15) is 206 Å². The number of nitrogens with zero attached hydrogens (tertiary/aromatic N) is 1. The average molecular weight is 962 g/mol. The minimum atomic E-state index is -4.67. The summed E-state index contributed by atoms with van der Waals surface area (Å²) in [6.07, 6.45) is 22.8. The van der Waals surface area contributed by atoms with Crippen LogP contribution in [0.15, 0.2) is 4.99 Å². The zero-order valence-electron chi connectivity index (χ0n) is 40.6. The first-order valence-electron chi connectivity index (χ1n) is 25.0. The number of rotatable bonds is 44. The van der Waals surface area contributed by atoms with Crippen molar-refractivity contribution in [1.29, 1.82) is 0 Å². The van der Waals surface area contributed by atoms with Gasteiger partial charge in [-0.15, -0.1) is 0 Å². The minimum Gasteiger partial charge on any atom is -0.862 e. The van der Waals surface area contributed by atoms with E-state index in [1.807, 2.05) is 0 Å². The van der Waals surface area contributed by atoms with Gasteiger partial charge in [0.05, 0.1) is 33.0 Å². The minimum absolute atomic E-state index is 0. The topological polar surface area (TPSA) is 243 Å². The molecule has 1 rings (SSSR count). The number of aliphatic hydroxyl groups excluding tert-OH is 4. The van der Waals surface area contributed by atoms with E-state index in [0.29, 0.717) is 12.8 Å². The van der Waals surface area contributed by atoms with Crippen molar-refractivity contribution >= 4 is 25.7 Å². The summed E-state index contributed by atoms with van der Waals surface area (Å²) in [6, 6.07) is 0. The number of hydrogen-bond acceptors (Lipinski definition) is 15. The van der Waals surface area contributed by atoms with Crippen molar-refractivity contribution in [3.8, 4) is 0 Å². The zero-order chi connectivity index (χ0) is 47.1. The molecule has 0 bridgehead atoms. The van der Waals surface area contributed by atoms with Crippen molar-refractivity contribution in [2.45, 2.75) is 243 Å². The summed E-state index contributed by atoms with van der Waals surface area (Å²) in [5.41, 5.74) is 0. The van der Waals surface area contributed by atoms with E-state index in [0.717, 1.165) is 38.5 Å². The van der Waals surface area contributed by atoms with E-state index in [4.69, 9.17) is 28.0 Å². The second kappa shape index (κ2) is 43.3. The number of phosphoric ester groups is 1. The van der Waals surface area contributed by atoms with Gasteiger partial charge in [-0.25, -0.2) is 4.57 Å². The molecule has 16 nitrogen and oxygen atoms in total. The van der Waals surface area contributed by atoms with Gasteiger partial charge in [0.1, 0.15) is 31.0 Å². The Kier molecular flexibility index (Phi) is 42.8. The molecular formula is C47H89NNaO15P. The number of carbonyl (C=O) groups excluding carboxylic acids is 2. The monoisotopic (exact) mass is 962 g/mol. The predicted molar refractivity (Wildman–Crippen MR) is 244 cm³/mol. The van der Waals surface area contributed by atoms with Crippen LogP contribution in [0.5, 0.6) is 0 Å². The number of carbonyl (C=O) groups is 2. The van der Waals surface area contributed by atoms with E-state index in [9.17, 15) is 44.6 Å². The van der Waals surface area contributed by atoms with Gasteiger partial charge >= 0.3 is 49.3 Å². The standard InChI is InChI=1S/C47H90NO15P.Na/c1-3-5-7-9-11-13-15-17-19-21-23-25-27-31-42(51)59-37-39(62-43(52)32-28-26-24-22-20-18-16-14-12-10-8-6-4-2)38-61-64(56,57)60-35-33-48-41(50)30-29-34-58-47-46(55)45(54)44(53)40(36-49)63-47;/h39-40,44-47,49,53-55H,3-38H2,1-2H3,(H,48,50)(H,56,57);/q;+1/p-1/t39?,40-,44-,45+,46+,47+;/m1./s1. The molecule has 0 aromatic carbocycles. The maximum atomic E-state index is 12.8. The summed E-state index contributed by atoms with van der Waals surface area (Å²) in [5, 5.41) is 51.3. The first-order chi connectivity index (χ1) is 30.9. The fraction of sp³-hybridized carbons (Fsp3) is 0.936.